The number of alkyl halides is 3. The van der Waals surface area contributed by atoms with Gasteiger partial charge in [0.05, 0.1) is 12.2 Å². The molecule has 29 heavy (non-hydrogen) atoms. The molecule has 2 aromatic carbocycles. The molecule has 0 fully saturated rings. The molecule has 0 aliphatic carbocycles. The van der Waals surface area contributed by atoms with Crippen LogP contribution in [0, 0.1) is 0 Å². The number of nitrogens with zero attached hydrogens (tertiary/aromatic N) is 3. The summed E-state index contributed by atoms with van der Waals surface area (Å²) < 4.78 is 42.1. The zero-order chi connectivity index (χ0) is 20.1. The molecule has 1 aromatic heterocycles. The van der Waals surface area contributed by atoms with Crippen LogP contribution in [0.2, 0.25) is 0 Å². The lowest BCUT2D eigenvalue weighted by molar-refractivity contribution is -0.274. The number of guanidine groups is 1. The first-order chi connectivity index (χ1) is 13.3. The first kappa shape index (κ1) is 22.5. The Morgan fingerprint density at radius 3 is 2.41 bits per heavy atom. The van der Waals surface area contributed by atoms with E-state index in [4.69, 9.17) is 5.73 Å². The number of rotatable bonds is 5. The Balaban J connectivity index is 0.00000300. The third-order valence-corrected chi connectivity index (χ3v) is 3.73. The van der Waals surface area contributed by atoms with Gasteiger partial charge in [-0.1, -0.05) is 30.3 Å². The molecule has 0 atom stereocenters. The fourth-order valence-electron chi connectivity index (χ4n) is 2.59. The van der Waals surface area contributed by atoms with Gasteiger partial charge in [-0.15, -0.1) is 37.1 Å². The van der Waals surface area contributed by atoms with Crippen LogP contribution in [0.25, 0.3) is 11.3 Å². The van der Waals surface area contributed by atoms with Crippen molar-refractivity contribution in [1.82, 2.24) is 9.78 Å². The second kappa shape index (κ2) is 9.63. The van der Waals surface area contributed by atoms with E-state index in [-0.39, 0.29) is 35.7 Å². The highest BCUT2D eigenvalue weighted by molar-refractivity contribution is 14.0. The monoisotopic (exact) mass is 517 g/mol. The largest absolute Gasteiger partial charge is 0.573 e. The zero-order valence-electron chi connectivity index (χ0n) is 15.3. The van der Waals surface area contributed by atoms with E-state index in [0.29, 0.717) is 12.2 Å². The predicted molar refractivity (Wildman–Crippen MR) is 116 cm³/mol. The molecule has 3 aromatic rings. The average molecular weight is 517 g/mol. The van der Waals surface area contributed by atoms with Crippen molar-refractivity contribution in [1.29, 1.82) is 0 Å². The van der Waals surface area contributed by atoms with Crippen LogP contribution in [-0.2, 0) is 13.6 Å². The quantitative estimate of drug-likeness (QED) is 0.296. The van der Waals surface area contributed by atoms with Gasteiger partial charge in [-0.2, -0.15) is 5.10 Å². The molecule has 0 radical (unpaired) electrons. The Hall–Kier alpha value is -2.76. The van der Waals surface area contributed by atoms with Crippen molar-refractivity contribution in [2.45, 2.75) is 12.9 Å². The maximum Gasteiger partial charge on any atom is 0.573 e. The first-order valence-corrected chi connectivity index (χ1v) is 8.31. The molecule has 154 valence electrons. The Labute approximate surface area is 182 Å². The topological polar surface area (TPSA) is 77.5 Å². The minimum Gasteiger partial charge on any atom is -0.406 e. The number of anilines is 1. The summed E-state index contributed by atoms with van der Waals surface area (Å²) in [6, 6.07) is 14.9. The number of hydrogen-bond acceptors (Lipinski definition) is 3. The molecule has 3 rings (SSSR count). The maximum absolute atomic E-state index is 12.2. The van der Waals surface area contributed by atoms with Crippen LogP contribution in [0.3, 0.4) is 0 Å². The van der Waals surface area contributed by atoms with E-state index < -0.39 is 6.36 Å². The van der Waals surface area contributed by atoms with Gasteiger partial charge in [0.25, 0.3) is 0 Å². The van der Waals surface area contributed by atoms with Gasteiger partial charge in [-0.25, -0.2) is 4.99 Å². The summed E-state index contributed by atoms with van der Waals surface area (Å²) in [6.07, 6.45) is -2.86. The third-order valence-electron chi connectivity index (χ3n) is 3.73. The van der Waals surface area contributed by atoms with E-state index in [0.717, 1.165) is 16.8 Å². The number of aromatic nitrogens is 2. The van der Waals surface area contributed by atoms with Crippen molar-refractivity contribution in [3.63, 3.8) is 0 Å². The lowest BCUT2D eigenvalue weighted by Gasteiger charge is -2.10. The standard InChI is InChI=1S/C19H18F3N5O.HI/c1-27-12-14(17(26-27)13-5-3-2-4-6-13)11-24-18(23)25-15-7-9-16(10-8-15)28-19(20,21)22;/h2-10,12H,11H2,1H3,(H3,23,24,25);1H. The van der Waals surface area contributed by atoms with Crippen molar-refractivity contribution < 1.29 is 17.9 Å². The van der Waals surface area contributed by atoms with E-state index in [2.05, 4.69) is 20.1 Å². The Kier molecular flexibility index (Phi) is 7.48. The fourth-order valence-corrected chi connectivity index (χ4v) is 2.59. The summed E-state index contributed by atoms with van der Waals surface area (Å²) in [5, 5.41) is 7.29. The van der Waals surface area contributed by atoms with Crippen molar-refractivity contribution in [2.75, 3.05) is 5.32 Å². The van der Waals surface area contributed by atoms with Gasteiger partial charge in [-0.3, -0.25) is 4.68 Å². The molecule has 0 saturated heterocycles. The van der Waals surface area contributed by atoms with Crippen LogP contribution in [0.1, 0.15) is 5.56 Å². The molecule has 10 heteroatoms. The molecule has 3 N–H and O–H groups in total. The van der Waals surface area contributed by atoms with E-state index in [1.54, 1.807) is 4.68 Å². The van der Waals surface area contributed by atoms with Crippen molar-refractivity contribution in [2.24, 2.45) is 17.8 Å². The Morgan fingerprint density at radius 2 is 1.79 bits per heavy atom. The summed E-state index contributed by atoms with van der Waals surface area (Å²) >= 11 is 0. The van der Waals surface area contributed by atoms with E-state index in [1.165, 1.54) is 24.3 Å². The molecule has 0 bridgehead atoms. The van der Waals surface area contributed by atoms with Crippen LogP contribution in [0.4, 0.5) is 18.9 Å². The summed E-state index contributed by atoms with van der Waals surface area (Å²) in [5.41, 5.74) is 9.06. The van der Waals surface area contributed by atoms with Crippen LogP contribution < -0.4 is 15.8 Å². The minimum absolute atomic E-state index is 0. The molecule has 0 amide bonds. The number of ether oxygens (including phenoxy) is 1. The van der Waals surface area contributed by atoms with Crippen molar-refractivity contribution >= 4 is 35.6 Å². The lowest BCUT2D eigenvalue weighted by atomic mass is 10.1. The summed E-state index contributed by atoms with van der Waals surface area (Å²) in [7, 11) is 1.83. The molecule has 0 unspecified atom stereocenters. The number of aryl methyl sites for hydroxylation is 1. The second-order valence-corrected chi connectivity index (χ2v) is 5.94. The van der Waals surface area contributed by atoms with Gasteiger partial charge >= 0.3 is 6.36 Å². The van der Waals surface area contributed by atoms with Gasteiger partial charge in [-0.05, 0) is 24.3 Å². The Morgan fingerprint density at radius 1 is 1.14 bits per heavy atom. The van der Waals surface area contributed by atoms with E-state index >= 15 is 0 Å². The fraction of sp³-hybridized carbons (Fsp3) is 0.158. The maximum atomic E-state index is 12.2. The lowest BCUT2D eigenvalue weighted by Crippen LogP contribution is -2.22. The Bertz CT molecular complexity index is 956. The van der Waals surface area contributed by atoms with Gasteiger partial charge in [0.1, 0.15) is 5.75 Å². The highest BCUT2D eigenvalue weighted by Crippen LogP contribution is 2.24. The van der Waals surface area contributed by atoms with Gasteiger partial charge in [0.15, 0.2) is 5.96 Å². The number of nitrogens with two attached hydrogens (primary N) is 1. The van der Waals surface area contributed by atoms with Crippen LogP contribution in [-0.4, -0.2) is 22.1 Å². The van der Waals surface area contributed by atoms with Crippen LogP contribution >= 0.6 is 24.0 Å². The highest BCUT2D eigenvalue weighted by atomic mass is 127. The number of halogens is 4. The highest BCUT2D eigenvalue weighted by Gasteiger charge is 2.30. The van der Waals surface area contributed by atoms with Crippen molar-refractivity contribution in [3.8, 4) is 17.0 Å². The zero-order valence-corrected chi connectivity index (χ0v) is 17.7. The molecule has 0 aliphatic heterocycles. The normalized spacial score (nSPS) is 11.7. The van der Waals surface area contributed by atoms with Gasteiger partial charge in [0, 0.05) is 30.1 Å². The first-order valence-electron chi connectivity index (χ1n) is 8.31. The summed E-state index contributed by atoms with van der Waals surface area (Å²) in [5.74, 6) is -0.177. The number of benzene rings is 2. The molecule has 1 heterocycles. The molecule has 0 saturated carbocycles. The molecular weight excluding hydrogens is 498 g/mol. The minimum atomic E-state index is -4.73. The SMILES string of the molecule is Cn1cc(CN=C(N)Nc2ccc(OC(F)(F)F)cc2)c(-c2ccccc2)n1.I. The van der Waals surface area contributed by atoms with E-state index in [1.807, 2.05) is 43.6 Å². The molecule has 0 spiro atoms. The third kappa shape index (κ3) is 6.66. The van der Waals surface area contributed by atoms with Gasteiger partial charge in [0.2, 0.25) is 0 Å². The number of aliphatic imine (C=N–C) groups is 1. The smallest absolute Gasteiger partial charge is 0.406 e. The summed E-state index contributed by atoms with van der Waals surface area (Å²) in [4.78, 5) is 4.29. The molecular formula is C19H19F3IN5O. The van der Waals surface area contributed by atoms with Crippen molar-refractivity contribution in [3.05, 3.63) is 66.4 Å². The van der Waals surface area contributed by atoms with Crippen LogP contribution in [0.15, 0.2) is 65.8 Å². The summed E-state index contributed by atoms with van der Waals surface area (Å²) in [6.45, 7) is 0.298. The average Bonchev–Trinajstić information content (AvgIpc) is 3.02. The molecule has 0 aliphatic rings. The predicted octanol–water partition coefficient (Wildman–Crippen LogP) is 4.53. The van der Waals surface area contributed by atoms with Crippen LogP contribution in [0.5, 0.6) is 5.75 Å². The van der Waals surface area contributed by atoms with E-state index in [9.17, 15) is 13.2 Å². The number of nitrogens with one attached hydrogen (secondary N) is 1. The van der Waals surface area contributed by atoms with Gasteiger partial charge < -0.3 is 15.8 Å². The molecule has 6 nitrogen and oxygen atoms in total. The number of hydrogen-bond donors (Lipinski definition) is 2. The second-order valence-electron chi connectivity index (χ2n) is 5.94.